The lowest BCUT2D eigenvalue weighted by Gasteiger charge is -2.39. The van der Waals surface area contributed by atoms with Crippen LogP contribution in [0.3, 0.4) is 0 Å². The van der Waals surface area contributed by atoms with E-state index in [-0.39, 0.29) is 0 Å². The molecule has 88 valence electrons. The molecule has 0 bridgehead atoms. The Labute approximate surface area is 93.2 Å². The molecule has 2 rings (SSSR count). The van der Waals surface area contributed by atoms with Crippen molar-refractivity contribution in [2.75, 3.05) is 26.3 Å². The van der Waals surface area contributed by atoms with Gasteiger partial charge >= 0.3 is 0 Å². The van der Waals surface area contributed by atoms with E-state index < -0.39 is 0 Å². The van der Waals surface area contributed by atoms with Gasteiger partial charge in [-0.05, 0) is 26.2 Å². The second-order valence-electron chi connectivity index (χ2n) is 4.91. The fourth-order valence-corrected chi connectivity index (χ4v) is 2.37. The average Bonchev–Trinajstić information content (AvgIpc) is 3.05. The lowest BCUT2D eigenvalue weighted by Crippen LogP contribution is -2.52. The molecule has 0 radical (unpaired) electrons. The van der Waals surface area contributed by atoms with E-state index in [1.807, 2.05) is 0 Å². The summed E-state index contributed by atoms with van der Waals surface area (Å²) in [4.78, 5) is 2.61. The topological polar surface area (TPSA) is 24.5 Å². The Morgan fingerprint density at radius 1 is 1.47 bits per heavy atom. The molecular formula is C12H24N2O. The van der Waals surface area contributed by atoms with Gasteiger partial charge < -0.3 is 10.1 Å². The highest BCUT2D eigenvalue weighted by molar-refractivity contribution is 4.85. The number of ether oxygens (including phenoxy) is 1. The van der Waals surface area contributed by atoms with E-state index in [0.29, 0.717) is 12.1 Å². The largest absolute Gasteiger partial charge is 0.379 e. The highest BCUT2D eigenvalue weighted by Crippen LogP contribution is 2.20. The van der Waals surface area contributed by atoms with Gasteiger partial charge in [-0.25, -0.2) is 0 Å². The predicted molar refractivity (Wildman–Crippen MR) is 62.1 cm³/mol. The first-order chi connectivity index (χ1) is 7.31. The summed E-state index contributed by atoms with van der Waals surface area (Å²) in [5, 5.41) is 3.64. The first-order valence-corrected chi connectivity index (χ1v) is 6.38. The molecule has 1 saturated heterocycles. The van der Waals surface area contributed by atoms with E-state index in [4.69, 9.17) is 4.74 Å². The number of morpholine rings is 1. The normalized spacial score (nSPS) is 30.4. The van der Waals surface area contributed by atoms with Crippen LogP contribution in [0, 0.1) is 0 Å². The Balaban J connectivity index is 1.79. The smallest absolute Gasteiger partial charge is 0.0619 e. The van der Waals surface area contributed by atoms with E-state index in [0.717, 1.165) is 32.3 Å². The van der Waals surface area contributed by atoms with E-state index in [2.05, 4.69) is 24.1 Å². The summed E-state index contributed by atoms with van der Waals surface area (Å²) in [6.45, 7) is 8.64. The molecule has 0 amide bonds. The standard InChI is InChI=1S/C12H24N2O/c1-3-12(8-13-11-4-5-11)14-6-7-15-9-10(14)2/h10-13H,3-9H2,1-2H3. The summed E-state index contributed by atoms with van der Waals surface area (Å²) in [5.41, 5.74) is 0. The fourth-order valence-electron chi connectivity index (χ4n) is 2.37. The van der Waals surface area contributed by atoms with Crippen LogP contribution < -0.4 is 5.32 Å². The maximum absolute atomic E-state index is 5.48. The molecule has 2 aliphatic rings. The molecule has 3 heteroatoms. The first-order valence-electron chi connectivity index (χ1n) is 6.38. The molecular weight excluding hydrogens is 188 g/mol. The number of hydrogen-bond donors (Lipinski definition) is 1. The molecule has 0 spiro atoms. The van der Waals surface area contributed by atoms with E-state index in [9.17, 15) is 0 Å². The quantitative estimate of drug-likeness (QED) is 0.742. The van der Waals surface area contributed by atoms with Crippen molar-refractivity contribution in [3.63, 3.8) is 0 Å². The third-order valence-electron chi connectivity index (χ3n) is 3.58. The highest BCUT2D eigenvalue weighted by atomic mass is 16.5. The van der Waals surface area contributed by atoms with Crippen LogP contribution >= 0.6 is 0 Å². The monoisotopic (exact) mass is 212 g/mol. The second-order valence-corrected chi connectivity index (χ2v) is 4.91. The molecule has 0 aromatic heterocycles. The molecule has 2 unspecified atom stereocenters. The zero-order chi connectivity index (χ0) is 10.7. The van der Waals surface area contributed by atoms with Crippen LogP contribution in [0.1, 0.15) is 33.1 Å². The van der Waals surface area contributed by atoms with Gasteiger partial charge in [0, 0.05) is 31.2 Å². The summed E-state index contributed by atoms with van der Waals surface area (Å²) >= 11 is 0. The van der Waals surface area contributed by atoms with Crippen LogP contribution in [0.25, 0.3) is 0 Å². The number of rotatable bonds is 5. The molecule has 2 atom stereocenters. The zero-order valence-corrected chi connectivity index (χ0v) is 10.0. The molecule has 0 aromatic rings. The van der Waals surface area contributed by atoms with Crippen molar-refractivity contribution in [2.45, 2.75) is 51.2 Å². The summed E-state index contributed by atoms with van der Waals surface area (Å²) in [5.74, 6) is 0. The van der Waals surface area contributed by atoms with Crippen LogP contribution in [0.4, 0.5) is 0 Å². The summed E-state index contributed by atoms with van der Waals surface area (Å²) in [6.07, 6.45) is 4.01. The Morgan fingerprint density at radius 3 is 2.87 bits per heavy atom. The third kappa shape index (κ3) is 3.16. The second kappa shape index (κ2) is 5.28. The van der Waals surface area contributed by atoms with Gasteiger partial charge in [0.1, 0.15) is 0 Å². The van der Waals surface area contributed by atoms with Gasteiger partial charge in [-0.1, -0.05) is 6.92 Å². The van der Waals surface area contributed by atoms with Crippen molar-refractivity contribution >= 4 is 0 Å². The van der Waals surface area contributed by atoms with Crippen molar-refractivity contribution in [3.05, 3.63) is 0 Å². The van der Waals surface area contributed by atoms with Crippen molar-refractivity contribution in [2.24, 2.45) is 0 Å². The summed E-state index contributed by atoms with van der Waals surface area (Å²) < 4.78 is 5.48. The van der Waals surface area contributed by atoms with Gasteiger partial charge in [-0.3, -0.25) is 4.90 Å². The van der Waals surface area contributed by atoms with Crippen LogP contribution in [0.15, 0.2) is 0 Å². The minimum Gasteiger partial charge on any atom is -0.379 e. The maximum Gasteiger partial charge on any atom is 0.0619 e. The number of nitrogens with zero attached hydrogens (tertiary/aromatic N) is 1. The lowest BCUT2D eigenvalue weighted by atomic mass is 10.1. The molecule has 0 aromatic carbocycles. The minimum absolute atomic E-state index is 0.588. The third-order valence-corrected chi connectivity index (χ3v) is 3.58. The SMILES string of the molecule is CCC(CNC1CC1)N1CCOCC1C. The molecule has 1 aliphatic carbocycles. The van der Waals surface area contributed by atoms with Crippen molar-refractivity contribution in [1.82, 2.24) is 10.2 Å². The molecule has 3 nitrogen and oxygen atoms in total. The van der Waals surface area contributed by atoms with Gasteiger partial charge in [0.05, 0.1) is 13.2 Å². The van der Waals surface area contributed by atoms with Crippen molar-refractivity contribution in [3.8, 4) is 0 Å². The Kier molecular flexibility index (Phi) is 4.00. The van der Waals surface area contributed by atoms with Gasteiger partial charge in [0.15, 0.2) is 0 Å². The zero-order valence-electron chi connectivity index (χ0n) is 10.0. The molecule has 1 saturated carbocycles. The fraction of sp³-hybridized carbons (Fsp3) is 1.00. The summed E-state index contributed by atoms with van der Waals surface area (Å²) in [7, 11) is 0. The lowest BCUT2D eigenvalue weighted by molar-refractivity contribution is -0.0225. The first kappa shape index (κ1) is 11.4. The minimum atomic E-state index is 0.588. The van der Waals surface area contributed by atoms with E-state index in [1.165, 1.54) is 19.3 Å². The Bertz CT molecular complexity index is 194. The van der Waals surface area contributed by atoms with Crippen molar-refractivity contribution in [1.29, 1.82) is 0 Å². The van der Waals surface area contributed by atoms with Gasteiger partial charge in [0.2, 0.25) is 0 Å². The van der Waals surface area contributed by atoms with Gasteiger partial charge in [0.25, 0.3) is 0 Å². The van der Waals surface area contributed by atoms with Crippen LogP contribution in [-0.4, -0.2) is 49.3 Å². The Morgan fingerprint density at radius 2 is 2.27 bits per heavy atom. The van der Waals surface area contributed by atoms with E-state index in [1.54, 1.807) is 0 Å². The van der Waals surface area contributed by atoms with E-state index >= 15 is 0 Å². The molecule has 1 heterocycles. The Hall–Kier alpha value is -0.120. The predicted octanol–water partition coefficient (Wildman–Crippen LogP) is 1.24. The molecule has 15 heavy (non-hydrogen) atoms. The van der Waals surface area contributed by atoms with Crippen LogP contribution in [0.2, 0.25) is 0 Å². The van der Waals surface area contributed by atoms with Gasteiger partial charge in [-0.15, -0.1) is 0 Å². The number of hydrogen-bond acceptors (Lipinski definition) is 3. The van der Waals surface area contributed by atoms with Crippen molar-refractivity contribution < 1.29 is 4.74 Å². The number of nitrogens with one attached hydrogen (secondary N) is 1. The highest BCUT2D eigenvalue weighted by Gasteiger charge is 2.27. The molecule has 2 fully saturated rings. The molecule has 1 N–H and O–H groups in total. The molecule has 1 aliphatic heterocycles. The maximum atomic E-state index is 5.48. The summed E-state index contributed by atoms with van der Waals surface area (Å²) in [6, 6.07) is 2.12. The van der Waals surface area contributed by atoms with Crippen LogP contribution in [-0.2, 0) is 4.74 Å². The average molecular weight is 212 g/mol. The van der Waals surface area contributed by atoms with Crippen LogP contribution in [0.5, 0.6) is 0 Å². The van der Waals surface area contributed by atoms with Gasteiger partial charge in [-0.2, -0.15) is 0 Å².